The molecule has 0 aliphatic carbocycles. The molecular formula is C17H17ClN2O2. The van der Waals surface area contributed by atoms with E-state index in [2.05, 4.69) is 10.3 Å². The molecule has 3 N–H and O–H groups in total. The molecule has 0 spiro atoms. The van der Waals surface area contributed by atoms with E-state index in [0.717, 1.165) is 27.8 Å². The first-order valence-corrected chi connectivity index (χ1v) is 7.38. The maximum absolute atomic E-state index is 9.52. The molecular weight excluding hydrogens is 300 g/mol. The molecule has 0 radical (unpaired) electrons. The average molecular weight is 317 g/mol. The molecule has 0 aliphatic heterocycles. The summed E-state index contributed by atoms with van der Waals surface area (Å²) >= 11 is 6.12. The number of aromatic nitrogens is 1. The Balaban J connectivity index is 1.75. The first kappa shape index (κ1) is 14.8. The largest absolute Gasteiger partial charge is 0.508 e. The van der Waals surface area contributed by atoms with Crippen molar-refractivity contribution in [1.29, 1.82) is 0 Å². The first-order chi connectivity index (χ1) is 10.7. The molecule has 0 saturated carbocycles. The molecule has 1 heterocycles. The van der Waals surface area contributed by atoms with Gasteiger partial charge in [-0.1, -0.05) is 17.7 Å². The third-order valence-corrected chi connectivity index (χ3v) is 4.00. The van der Waals surface area contributed by atoms with Crippen molar-refractivity contribution < 1.29 is 9.84 Å². The smallest absolute Gasteiger partial charge is 0.132 e. The maximum atomic E-state index is 9.52. The fourth-order valence-corrected chi connectivity index (χ4v) is 2.74. The van der Waals surface area contributed by atoms with Crippen LogP contribution in [0.5, 0.6) is 11.5 Å². The summed E-state index contributed by atoms with van der Waals surface area (Å²) in [5.74, 6) is 1.08. The Morgan fingerprint density at radius 1 is 1.14 bits per heavy atom. The molecule has 1 aromatic heterocycles. The summed E-state index contributed by atoms with van der Waals surface area (Å²) in [6.45, 7) is 1.22. The topological polar surface area (TPSA) is 57.3 Å². The van der Waals surface area contributed by atoms with Gasteiger partial charge in [0.05, 0.1) is 7.11 Å². The Labute approximate surface area is 133 Å². The number of aromatic amines is 1. The van der Waals surface area contributed by atoms with E-state index in [4.69, 9.17) is 16.3 Å². The lowest BCUT2D eigenvalue weighted by atomic mass is 10.1. The van der Waals surface area contributed by atoms with E-state index in [1.54, 1.807) is 25.3 Å². The lowest BCUT2D eigenvalue weighted by molar-refractivity contribution is 0.413. The van der Waals surface area contributed by atoms with E-state index >= 15 is 0 Å². The van der Waals surface area contributed by atoms with Crippen molar-refractivity contribution in [2.45, 2.75) is 13.1 Å². The Bertz CT molecular complexity index is 798. The minimum absolute atomic E-state index is 0.215. The van der Waals surface area contributed by atoms with E-state index in [-0.39, 0.29) is 5.75 Å². The van der Waals surface area contributed by atoms with Crippen LogP contribution in [0, 0.1) is 0 Å². The van der Waals surface area contributed by atoms with Crippen molar-refractivity contribution in [3.63, 3.8) is 0 Å². The van der Waals surface area contributed by atoms with Crippen molar-refractivity contribution in [2.75, 3.05) is 7.11 Å². The van der Waals surface area contributed by atoms with Crippen LogP contribution in [0.15, 0.2) is 42.6 Å². The quantitative estimate of drug-likeness (QED) is 0.670. The number of benzene rings is 2. The van der Waals surface area contributed by atoms with Crippen LogP contribution in [0.3, 0.4) is 0 Å². The van der Waals surface area contributed by atoms with Crippen LogP contribution < -0.4 is 10.1 Å². The predicted molar refractivity (Wildman–Crippen MR) is 88.5 cm³/mol. The standard InChI is InChI=1S/C17H17ClN2O2/c1-22-17-11(2-5-16-14(17)6-7-20-16)9-19-10-12-8-13(21)3-4-15(12)18/h2-8,19-21H,9-10H2,1H3. The number of rotatable bonds is 5. The Morgan fingerprint density at radius 2 is 1.95 bits per heavy atom. The number of phenolic OH excluding ortho intramolecular Hbond substituents is 1. The summed E-state index contributed by atoms with van der Waals surface area (Å²) in [6.07, 6.45) is 1.90. The number of ether oxygens (including phenoxy) is 1. The fraction of sp³-hybridized carbons (Fsp3) is 0.176. The highest BCUT2D eigenvalue weighted by atomic mass is 35.5. The highest BCUT2D eigenvalue weighted by molar-refractivity contribution is 6.31. The van der Waals surface area contributed by atoms with Gasteiger partial charge in [-0.25, -0.2) is 0 Å². The molecule has 0 bridgehead atoms. The third-order valence-electron chi connectivity index (χ3n) is 3.63. The van der Waals surface area contributed by atoms with Crippen LogP contribution in [0.1, 0.15) is 11.1 Å². The van der Waals surface area contributed by atoms with Crippen molar-refractivity contribution in [1.82, 2.24) is 10.3 Å². The van der Waals surface area contributed by atoms with Gasteiger partial charge >= 0.3 is 0 Å². The molecule has 3 aromatic rings. The monoisotopic (exact) mass is 316 g/mol. The van der Waals surface area contributed by atoms with Gasteiger partial charge in [-0.3, -0.25) is 0 Å². The molecule has 2 aromatic carbocycles. The van der Waals surface area contributed by atoms with Crippen LogP contribution in [0.25, 0.3) is 10.9 Å². The lowest BCUT2D eigenvalue weighted by Crippen LogP contribution is -2.13. The summed E-state index contributed by atoms with van der Waals surface area (Å²) in [5.41, 5.74) is 2.99. The summed E-state index contributed by atoms with van der Waals surface area (Å²) in [6, 6.07) is 11.0. The molecule has 0 aliphatic rings. The third kappa shape index (κ3) is 2.89. The number of hydrogen-bond acceptors (Lipinski definition) is 3. The SMILES string of the molecule is COc1c(CNCc2cc(O)ccc2Cl)ccc2[nH]ccc12. The van der Waals surface area contributed by atoms with Gasteiger partial charge in [0.2, 0.25) is 0 Å². The van der Waals surface area contributed by atoms with Crippen LogP contribution >= 0.6 is 11.6 Å². The van der Waals surface area contributed by atoms with E-state index < -0.39 is 0 Å². The van der Waals surface area contributed by atoms with E-state index in [9.17, 15) is 5.11 Å². The van der Waals surface area contributed by atoms with Crippen molar-refractivity contribution in [3.05, 3.63) is 58.7 Å². The predicted octanol–water partition coefficient (Wildman–Crippen LogP) is 3.83. The first-order valence-electron chi connectivity index (χ1n) is 7.00. The fourth-order valence-electron chi connectivity index (χ4n) is 2.56. The van der Waals surface area contributed by atoms with Gasteiger partial charge in [-0.05, 0) is 35.9 Å². The van der Waals surface area contributed by atoms with Gasteiger partial charge in [0.25, 0.3) is 0 Å². The summed E-state index contributed by atoms with van der Waals surface area (Å²) in [5, 5.41) is 14.6. The minimum atomic E-state index is 0.215. The number of fused-ring (bicyclic) bond motifs is 1. The second-order valence-corrected chi connectivity index (χ2v) is 5.48. The number of halogens is 1. The Kier molecular flexibility index (Phi) is 4.22. The highest BCUT2D eigenvalue weighted by Gasteiger charge is 2.09. The van der Waals surface area contributed by atoms with Gasteiger partial charge < -0.3 is 20.1 Å². The van der Waals surface area contributed by atoms with E-state index in [1.807, 2.05) is 24.4 Å². The van der Waals surface area contributed by atoms with Gasteiger partial charge in [-0.15, -0.1) is 0 Å². The molecule has 5 heteroatoms. The Hall–Kier alpha value is -2.17. The van der Waals surface area contributed by atoms with Crippen LogP contribution in [-0.2, 0) is 13.1 Å². The molecule has 114 valence electrons. The molecule has 0 fully saturated rings. The number of H-pyrrole nitrogens is 1. The van der Waals surface area contributed by atoms with Gasteiger partial charge in [0, 0.05) is 40.8 Å². The summed E-state index contributed by atoms with van der Waals surface area (Å²) < 4.78 is 5.54. The normalized spacial score (nSPS) is 11.0. The van der Waals surface area contributed by atoms with E-state index in [0.29, 0.717) is 18.1 Å². The summed E-state index contributed by atoms with van der Waals surface area (Å²) in [4.78, 5) is 3.17. The highest BCUT2D eigenvalue weighted by Crippen LogP contribution is 2.29. The van der Waals surface area contributed by atoms with Crippen LogP contribution in [0.4, 0.5) is 0 Å². The second-order valence-electron chi connectivity index (χ2n) is 5.08. The molecule has 0 saturated heterocycles. The number of methoxy groups -OCH3 is 1. The van der Waals surface area contributed by atoms with Crippen molar-refractivity contribution in [3.8, 4) is 11.5 Å². The van der Waals surface area contributed by atoms with Gasteiger partial charge in [-0.2, -0.15) is 0 Å². The molecule has 22 heavy (non-hydrogen) atoms. The summed E-state index contributed by atoms with van der Waals surface area (Å²) in [7, 11) is 1.68. The van der Waals surface area contributed by atoms with Gasteiger partial charge in [0.1, 0.15) is 11.5 Å². The van der Waals surface area contributed by atoms with Crippen molar-refractivity contribution in [2.24, 2.45) is 0 Å². The average Bonchev–Trinajstić information content (AvgIpc) is 2.99. The molecule has 0 atom stereocenters. The van der Waals surface area contributed by atoms with Crippen LogP contribution in [-0.4, -0.2) is 17.2 Å². The number of phenols is 1. The molecule has 0 unspecified atom stereocenters. The number of aromatic hydroxyl groups is 1. The molecule has 3 rings (SSSR count). The molecule has 4 nitrogen and oxygen atoms in total. The molecule has 0 amide bonds. The Morgan fingerprint density at radius 3 is 2.77 bits per heavy atom. The zero-order valence-corrected chi connectivity index (χ0v) is 12.9. The van der Waals surface area contributed by atoms with Crippen molar-refractivity contribution >= 4 is 22.5 Å². The van der Waals surface area contributed by atoms with Crippen LogP contribution in [0.2, 0.25) is 5.02 Å². The minimum Gasteiger partial charge on any atom is -0.508 e. The van der Waals surface area contributed by atoms with Gasteiger partial charge in [0.15, 0.2) is 0 Å². The zero-order valence-electron chi connectivity index (χ0n) is 12.2. The zero-order chi connectivity index (χ0) is 15.5. The number of nitrogens with one attached hydrogen (secondary N) is 2. The number of hydrogen-bond donors (Lipinski definition) is 3. The lowest BCUT2D eigenvalue weighted by Gasteiger charge is -2.12. The van der Waals surface area contributed by atoms with E-state index in [1.165, 1.54) is 0 Å². The maximum Gasteiger partial charge on any atom is 0.132 e. The second kappa shape index (κ2) is 6.30.